The number of amides is 1. The Morgan fingerprint density at radius 1 is 1.56 bits per heavy atom. The highest BCUT2D eigenvalue weighted by molar-refractivity contribution is 5.77. The number of benzene rings is 1. The minimum atomic E-state index is -0.140. The van der Waals surface area contributed by atoms with Gasteiger partial charge in [-0.2, -0.15) is 5.26 Å². The van der Waals surface area contributed by atoms with Gasteiger partial charge < -0.3 is 10.1 Å². The standard InChI is InChI=1S/C14H18N2O2/c1-3-5-11(2)16-14(17)10-18-13-7-4-6-12(8-13)9-15/h4,6-8,11H,3,5,10H2,1-2H3,(H,16,17)/t11-/m0/s1. The monoisotopic (exact) mass is 246 g/mol. The Morgan fingerprint density at radius 3 is 3.00 bits per heavy atom. The summed E-state index contributed by atoms with van der Waals surface area (Å²) in [4.78, 5) is 11.6. The van der Waals surface area contributed by atoms with Gasteiger partial charge in [-0.3, -0.25) is 4.79 Å². The zero-order valence-corrected chi connectivity index (χ0v) is 10.8. The Morgan fingerprint density at radius 2 is 2.33 bits per heavy atom. The molecule has 1 atom stereocenters. The van der Waals surface area contributed by atoms with Gasteiger partial charge in [-0.25, -0.2) is 0 Å². The van der Waals surface area contributed by atoms with Crippen molar-refractivity contribution in [2.45, 2.75) is 32.7 Å². The number of ether oxygens (including phenoxy) is 1. The molecule has 1 aromatic rings. The lowest BCUT2D eigenvalue weighted by atomic mass is 10.2. The number of nitriles is 1. The molecule has 1 aromatic carbocycles. The maximum absolute atomic E-state index is 11.6. The lowest BCUT2D eigenvalue weighted by Crippen LogP contribution is -2.35. The third kappa shape index (κ3) is 4.88. The molecule has 4 heteroatoms. The summed E-state index contributed by atoms with van der Waals surface area (Å²) in [6.07, 6.45) is 1.99. The Bertz CT molecular complexity index is 438. The van der Waals surface area contributed by atoms with Gasteiger partial charge in [0.1, 0.15) is 5.75 Å². The molecule has 18 heavy (non-hydrogen) atoms. The molecule has 0 aliphatic heterocycles. The summed E-state index contributed by atoms with van der Waals surface area (Å²) in [6, 6.07) is 8.94. The van der Waals surface area contributed by atoms with Crippen molar-refractivity contribution >= 4 is 5.91 Å². The number of carbonyl (C=O) groups excluding carboxylic acids is 1. The SMILES string of the molecule is CCC[C@H](C)NC(=O)COc1cccc(C#N)c1. The predicted molar refractivity (Wildman–Crippen MR) is 69.2 cm³/mol. The maximum Gasteiger partial charge on any atom is 0.258 e. The molecule has 1 amide bonds. The van der Waals surface area contributed by atoms with Crippen molar-refractivity contribution in [2.75, 3.05) is 6.61 Å². The highest BCUT2D eigenvalue weighted by Gasteiger charge is 2.07. The molecule has 4 nitrogen and oxygen atoms in total. The van der Waals surface area contributed by atoms with Crippen molar-refractivity contribution in [1.29, 1.82) is 5.26 Å². The van der Waals surface area contributed by atoms with E-state index in [2.05, 4.69) is 12.2 Å². The van der Waals surface area contributed by atoms with E-state index in [0.29, 0.717) is 11.3 Å². The van der Waals surface area contributed by atoms with Crippen molar-refractivity contribution in [3.05, 3.63) is 29.8 Å². The highest BCUT2D eigenvalue weighted by Crippen LogP contribution is 2.12. The molecule has 0 saturated heterocycles. The number of nitrogens with one attached hydrogen (secondary N) is 1. The van der Waals surface area contributed by atoms with E-state index in [9.17, 15) is 4.79 Å². The summed E-state index contributed by atoms with van der Waals surface area (Å²) in [5.41, 5.74) is 0.521. The molecule has 0 bridgehead atoms. The van der Waals surface area contributed by atoms with E-state index in [1.54, 1.807) is 24.3 Å². The van der Waals surface area contributed by atoms with Gasteiger partial charge >= 0.3 is 0 Å². The van der Waals surface area contributed by atoms with Crippen LogP contribution in [0.15, 0.2) is 24.3 Å². The van der Waals surface area contributed by atoms with Gasteiger partial charge in [0.25, 0.3) is 5.91 Å². The smallest absolute Gasteiger partial charge is 0.258 e. The fourth-order valence-electron chi connectivity index (χ4n) is 1.63. The fraction of sp³-hybridized carbons (Fsp3) is 0.429. The molecule has 0 aliphatic rings. The average molecular weight is 246 g/mol. The number of nitrogens with zero attached hydrogens (tertiary/aromatic N) is 1. The molecule has 96 valence electrons. The molecule has 0 fully saturated rings. The summed E-state index contributed by atoms with van der Waals surface area (Å²) in [5, 5.41) is 11.6. The van der Waals surface area contributed by atoms with E-state index < -0.39 is 0 Å². The second-order valence-electron chi connectivity index (χ2n) is 4.19. The Kier molecular flexibility index (Phi) is 5.72. The van der Waals surface area contributed by atoms with Gasteiger partial charge in [0.15, 0.2) is 6.61 Å². The largest absolute Gasteiger partial charge is 0.484 e. The minimum Gasteiger partial charge on any atom is -0.484 e. The van der Waals surface area contributed by atoms with Gasteiger partial charge in [-0.1, -0.05) is 19.4 Å². The van der Waals surface area contributed by atoms with Crippen LogP contribution in [0.3, 0.4) is 0 Å². The third-order valence-corrected chi connectivity index (χ3v) is 2.46. The van der Waals surface area contributed by atoms with E-state index in [-0.39, 0.29) is 18.6 Å². The number of hydrogen-bond acceptors (Lipinski definition) is 3. The molecule has 0 heterocycles. The van der Waals surface area contributed by atoms with Gasteiger partial charge in [-0.15, -0.1) is 0 Å². The van der Waals surface area contributed by atoms with E-state index >= 15 is 0 Å². The summed E-state index contributed by atoms with van der Waals surface area (Å²) in [7, 11) is 0. The first-order chi connectivity index (χ1) is 8.65. The zero-order valence-electron chi connectivity index (χ0n) is 10.8. The van der Waals surface area contributed by atoms with Crippen LogP contribution in [-0.4, -0.2) is 18.6 Å². The predicted octanol–water partition coefficient (Wildman–Crippen LogP) is 2.24. The Balaban J connectivity index is 2.40. The van der Waals surface area contributed by atoms with Crippen LogP contribution in [0.1, 0.15) is 32.3 Å². The van der Waals surface area contributed by atoms with E-state index in [4.69, 9.17) is 10.00 Å². The zero-order chi connectivity index (χ0) is 13.4. The highest BCUT2D eigenvalue weighted by atomic mass is 16.5. The van der Waals surface area contributed by atoms with Crippen LogP contribution in [-0.2, 0) is 4.79 Å². The fourth-order valence-corrected chi connectivity index (χ4v) is 1.63. The van der Waals surface area contributed by atoms with Crippen molar-refractivity contribution in [1.82, 2.24) is 5.32 Å². The van der Waals surface area contributed by atoms with Gasteiger partial charge in [0, 0.05) is 6.04 Å². The Hall–Kier alpha value is -2.02. The van der Waals surface area contributed by atoms with Crippen LogP contribution >= 0.6 is 0 Å². The molecule has 1 N–H and O–H groups in total. The molecule has 0 aromatic heterocycles. The quantitative estimate of drug-likeness (QED) is 0.837. The molecule has 0 saturated carbocycles. The first-order valence-corrected chi connectivity index (χ1v) is 6.08. The van der Waals surface area contributed by atoms with E-state index in [1.165, 1.54) is 0 Å². The first-order valence-electron chi connectivity index (χ1n) is 6.08. The molecular formula is C14H18N2O2. The van der Waals surface area contributed by atoms with Crippen molar-refractivity contribution in [2.24, 2.45) is 0 Å². The first kappa shape index (κ1) is 14.0. The molecule has 0 radical (unpaired) electrons. The lowest BCUT2D eigenvalue weighted by Gasteiger charge is -2.13. The summed E-state index contributed by atoms with van der Waals surface area (Å²) < 4.78 is 5.33. The second kappa shape index (κ2) is 7.33. The van der Waals surface area contributed by atoms with Crippen LogP contribution in [0.2, 0.25) is 0 Å². The van der Waals surface area contributed by atoms with Crippen LogP contribution in [0.25, 0.3) is 0 Å². The van der Waals surface area contributed by atoms with Crippen LogP contribution in [0, 0.1) is 11.3 Å². The van der Waals surface area contributed by atoms with Crippen molar-refractivity contribution in [3.8, 4) is 11.8 Å². The summed E-state index contributed by atoms with van der Waals surface area (Å²) in [5.74, 6) is 0.394. The Labute approximate surface area is 108 Å². The summed E-state index contributed by atoms with van der Waals surface area (Å²) >= 11 is 0. The van der Waals surface area contributed by atoms with Gasteiger partial charge in [0.05, 0.1) is 11.6 Å². The molecule has 0 aliphatic carbocycles. The van der Waals surface area contributed by atoms with E-state index in [0.717, 1.165) is 12.8 Å². The normalized spacial score (nSPS) is 11.4. The second-order valence-corrected chi connectivity index (χ2v) is 4.19. The van der Waals surface area contributed by atoms with Gasteiger partial charge in [-0.05, 0) is 31.5 Å². The lowest BCUT2D eigenvalue weighted by molar-refractivity contribution is -0.123. The molecule has 1 rings (SSSR count). The molecule has 0 spiro atoms. The summed E-state index contributed by atoms with van der Waals surface area (Å²) in [6.45, 7) is 4.02. The van der Waals surface area contributed by atoms with Crippen molar-refractivity contribution in [3.63, 3.8) is 0 Å². The molecule has 0 unspecified atom stereocenters. The number of rotatable bonds is 6. The number of hydrogen-bond donors (Lipinski definition) is 1. The van der Waals surface area contributed by atoms with Crippen LogP contribution in [0.4, 0.5) is 0 Å². The van der Waals surface area contributed by atoms with Crippen LogP contribution < -0.4 is 10.1 Å². The topological polar surface area (TPSA) is 62.1 Å². The van der Waals surface area contributed by atoms with Crippen LogP contribution in [0.5, 0.6) is 5.75 Å². The third-order valence-electron chi connectivity index (χ3n) is 2.46. The average Bonchev–Trinajstić information content (AvgIpc) is 2.37. The van der Waals surface area contributed by atoms with Crippen molar-refractivity contribution < 1.29 is 9.53 Å². The van der Waals surface area contributed by atoms with Gasteiger partial charge in [0.2, 0.25) is 0 Å². The minimum absolute atomic E-state index is 0.0249. The molecular weight excluding hydrogens is 228 g/mol. The number of carbonyl (C=O) groups is 1. The maximum atomic E-state index is 11.6. The van der Waals surface area contributed by atoms with E-state index in [1.807, 2.05) is 13.0 Å².